The molecule has 0 saturated carbocycles. The van der Waals surface area contributed by atoms with Crippen molar-refractivity contribution in [1.29, 1.82) is 0 Å². The summed E-state index contributed by atoms with van der Waals surface area (Å²) in [4.78, 5) is 0. The fourth-order valence-corrected chi connectivity index (χ4v) is 1.29. The van der Waals surface area contributed by atoms with Crippen molar-refractivity contribution in [3.05, 3.63) is 24.3 Å². The fraction of sp³-hybridized carbons (Fsp3) is 0.538. The molecule has 0 aromatic heterocycles. The molecule has 1 atom stereocenters. The third kappa shape index (κ3) is 3.42. The molecule has 2 rings (SSSR count). The SMILES string of the molecule is CC(C)COc1ccccc1OCC1CO1. The third-order valence-electron chi connectivity index (χ3n) is 2.25. The van der Waals surface area contributed by atoms with Gasteiger partial charge in [-0.2, -0.15) is 0 Å². The lowest BCUT2D eigenvalue weighted by molar-refractivity contribution is 0.228. The average Bonchev–Trinajstić information content (AvgIpc) is 3.08. The van der Waals surface area contributed by atoms with Crippen LogP contribution in [0.25, 0.3) is 0 Å². The van der Waals surface area contributed by atoms with Crippen LogP contribution in [-0.4, -0.2) is 25.9 Å². The van der Waals surface area contributed by atoms with Gasteiger partial charge in [0.05, 0.1) is 13.2 Å². The van der Waals surface area contributed by atoms with E-state index in [0.29, 0.717) is 19.1 Å². The highest BCUT2D eigenvalue weighted by molar-refractivity contribution is 5.39. The standard InChI is InChI=1S/C13H18O3/c1-10(2)7-15-12-5-3-4-6-13(12)16-9-11-8-14-11/h3-6,10-11H,7-9H2,1-2H3. The molecule has 0 amide bonds. The molecule has 0 spiro atoms. The van der Waals surface area contributed by atoms with Gasteiger partial charge in [0.2, 0.25) is 0 Å². The predicted molar refractivity (Wildman–Crippen MR) is 62.0 cm³/mol. The van der Waals surface area contributed by atoms with Gasteiger partial charge >= 0.3 is 0 Å². The second-order valence-electron chi connectivity index (χ2n) is 4.42. The summed E-state index contributed by atoms with van der Waals surface area (Å²) in [6.45, 7) is 6.39. The molecule has 1 aliphatic rings. The zero-order valence-corrected chi connectivity index (χ0v) is 9.81. The van der Waals surface area contributed by atoms with Crippen LogP contribution < -0.4 is 9.47 Å². The van der Waals surface area contributed by atoms with Gasteiger partial charge < -0.3 is 14.2 Å². The summed E-state index contributed by atoms with van der Waals surface area (Å²) >= 11 is 0. The number of rotatable bonds is 6. The van der Waals surface area contributed by atoms with Gasteiger partial charge in [-0.3, -0.25) is 0 Å². The maximum Gasteiger partial charge on any atom is 0.161 e. The Hall–Kier alpha value is -1.22. The Morgan fingerprint density at radius 1 is 1.25 bits per heavy atom. The van der Waals surface area contributed by atoms with Crippen LogP contribution in [0.15, 0.2) is 24.3 Å². The Kier molecular flexibility index (Phi) is 3.67. The molecule has 1 fully saturated rings. The summed E-state index contributed by atoms with van der Waals surface area (Å²) in [5.74, 6) is 2.13. The van der Waals surface area contributed by atoms with Gasteiger partial charge in [0.1, 0.15) is 12.7 Å². The molecule has 1 unspecified atom stereocenters. The van der Waals surface area contributed by atoms with Crippen LogP contribution in [-0.2, 0) is 4.74 Å². The summed E-state index contributed by atoms with van der Waals surface area (Å²) in [5.41, 5.74) is 0. The second-order valence-corrected chi connectivity index (χ2v) is 4.42. The highest BCUT2D eigenvalue weighted by Gasteiger charge is 2.23. The Morgan fingerprint density at radius 3 is 2.44 bits per heavy atom. The minimum atomic E-state index is 0.276. The van der Waals surface area contributed by atoms with E-state index in [1.54, 1.807) is 0 Å². The number of ether oxygens (including phenoxy) is 3. The van der Waals surface area contributed by atoms with Crippen LogP contribution in [0.3, 0.4) is 0 Å². The monoisotopic (exact) mass is 222 g/mol. The lowest BCUT2D eigenvalue weighted by Crippen LogP contribution is -2.08. The van der Waals surface area contributed by atoms with Crippen LogP contribution in [0.2, 0.25) is 0 Å². The summed E-state index contributed by atoms with van der Waals surface area (Å²) in [5, 5.41) is 0. The normalized spacial score (nSPS) is 18.6. The van der Waals surface area contributed by atoms with Gasteiger partial charge in [0.25, 0.3) is 0 Å². The highest BCUT2D eigenvalue weighted by atomic mass is 16.6. The van der Waals surface area contributed by atoms with Gasteiger partial charge in [-0.25, -0.2) is 0 Å². The molecule has 3 nitrogen and oxygen atoms in total. The average molecular weight is 222 g/mol. The van der Waals surface area contributed by atoms with E-state index < -0.39 is 0 Å². The number of epoxide rings is 1. The Balaban J connectivity index is 1.92. The smallest absolute Gasteiger partial charge is 0.161 e. The fourth-order valence-electron chi connectivity index (χ4n) is 1.29. The maximum absolute atomic E-state index is 5.69. The first-order valence-corrected chi connectivity index (χ1v) is 5.72. The number of hydrogen-bond donors (Lipinski definition) is 0. The van der Waals surface area contributed by atoms with Gasteiger partial charge in [-0.15, -0.1) is 0 Å². The molecule has 1 aromatic carbocycles. The molecule has 0 N–H and O–H groups in total. The van der Waals surface area contributed by atoms with Gasteiger partial charge in [-0.05, 0) is 18.1 Å². The molecular weight excluding hydrogens is 204 g/mol. The van der Waals surface area contributed by atoms with Crippen LogP contribution in [0.4, 0.5) is 0 Å². The van der Waals surface area contributed by atoms with E-state index in [4.69, 9.17) is 14.2 Å². The van der Waals surface area contributed by atoms with E-state index in [0.717, 1.165) is 18.1 Å². The molecule has 88 valence electrons. The minimum absolute atomic E-state index is 0.276. The predicted octanol–water partition coefficient (Wildman–Crippen LogP) is 2.50. The van der Waals surface area contributed by atoms with Crippen molar-refractivity contribution in [1.82, 2.24) is 0 Å². The van der Waals surface area contributed by atoms with Gasteiger partial charge in [-0.1, -0.05) is 26.0 Å². The van der Waals surface area contributed by atoms with Crippen molar-refractivity contribution in [2.75, 3.05) is 19.8 Å². The first-order valence-electron chi connectivity index (χ1n) is 5.72. The van der Waals surface area contributed by atoms with Gasteiger partial charge in [0.15, 0.2) is 11.5 Å². The van der Waals surface area contributed by atoms with Crippen molar-refractivity contribution in [3.63, 3.8) is 0 Å². The lowest BCUT2D eigenvalue weighted by Gasteiger charge is -2.13. The van der Waals surface area contributed by atoms with Crippen LogP contribution in [0.1, 0.15) is 13.8 Å². The minimum Gasteiger partial charge on any atom is -0.489 e. The van der Waals surface area contributed by atoms with E-state index >= 15 is 0 Å². The molecule has 16 heavy (non-hydrogen) atoms. The first-order chi connectivity index (χ1) is 7.75. The van der Waals surface area contributed by atoms with Crippen LogP contribution >= 0.6 is 0 Å². The Morgan fingerprint density at radius 2 is 1.88 bits per heavy atom. The molecule has 0 radical (unpaired) electrons. The second kappa shape index (κ2) is 5.21. The van der Waals surface area contributed by atoms with E-state index in [-0.39, 0.29) is 6.10 Å². The zero-order chi connectivity index (χ0) is 11.4. The van der Waals surface area contributed by atoms with Gasteiger partial charge in [0, 0.05) is 0 Å². The summed E-state index contributed by atoms with van der Waals surface area (Å²) in [6.07, 6.45) is 0.276. The van der Waals surface area contributed by atoms with E-state index in [9.17, 15) is 0 Å². The van der Waals surface area contributed by atoms with E-state index in [1.807, 2.05) is 24.3 Å². The Bertz CT molecular complexity index is 307. The van der Waals surface area contributed by atoms with E-state index in [2.05, 4.69) is 13.8 Å². The quantitative estimate of drug-likeness (QED) is 0.693. The van der Waals surface area contributed by atoms with Crippen molar-refractivity contribution in [3.8, 4) is 11.5 Å². The number of benzene rings is 1. The Labute approximate surface area is 96.3 Å². The zero-order valence-electron chi connectivity index (χ0n) is 9.81. The summed E-state index contributed by atoms with van der Waals surface area (Å²) in [7, 11) is 0. The lowest BCUT2D eigenvalue weighted by atomic mass is 10.2. The molecule has 3 heteroatoms. The number of para-hydroxylation sites is 2. The molecule has 1 saturated heterocycles. The molecule has 1 heterocycles. The molecule has 0 bridgehead atoms. The van der Waals surface area contributed by atoms with E-state index in [1.165, 1.54) is 0 Å². The number of hydrogen-bond acceptors (Lipinski definition) is 3. The van der Waals surface area contributed by atoms with Crippen LogP contribution in [0.5, 0.6) is 11.5 Å². The topological polar surface area (TPSA) is 31.0 Å². The van der Waals surface area contributed by atoms with Crippen molar-refractivity contribution in [2.45, 2.75) is 20.0 Å². The first kappa shape index (κ1) is 11.3. The molecule has 1 aromatic rings. The molecular formula is C13H18O3. The largest absolute Gasteiger partial charge is 0.489 e. The molecule has 0 aliphatic carbocycles. The molecule has 1 aliphatic heterocycles. The summed E-state index contributed by atoms with van der Waals surface area (Å²) in [6, 6.07) is 7.77. The van der Waals surface area contributed by atoms with Crippen molar-refractivity contribution >= 4 is 0 Å². The highest BCUT2D eigenvalue weighted by Crippen LogP contribution is 2.27. The van der Waals surface area contributed by atoms with Crippen LogP contribution in [0, 0.1) is 5.92 Å². The maximum atomic E-state index is 5.69. The summed E-state index contributed by atoms with van der Waals surface area (Å²) < 4.78 is 16.4. The van der Waals surface area contributed by atoms with Crippen molar-refractivity contribution < 1.29 is 14.2 Å². The van der Waals surface area contributed by atoms with Crippen molar-refractivity contribution in [2.24, 2.45) is 5.92 Å². The third-order valence-corrected chi connectivity index (χ3v) is 2.25.